The van der Waals surface area contributed by atoms with Gasteiger partial charge in [0.15, 0.2) is 12.1 Å². The molecule has 1 N–H and O–H groups in total. The Morgan fingerprint density at radius 3 is 2.29 bits per heavy atom. The van der Waals surface area contributed by atoms with Gasteiger partial charge in [0, 0.05) is 31.7 Å². The number of aliphatic hydroxyl groups is 1. The molecule has 0 aromatic rings. The first-order valence-electron chi connectivity index (χ1n) is 16.5. The lowest BCUT2D eigenvalue weighted by atomic mass is 9.74. The molecule has 262 valence electrons. The van der Waals surface area contributed by atoms with Gasteiger partial charge in [-0.15, -0.1) is 0 Å². The molecule has 3 aliphatic rings. The number of ketones is 1. The maximum absolute atomic E-state index is 14.2. The lowest BCUT2D eigenvalue weighted by molar-refractivity contribution is -0.295. The molecule has 0 spiro atoms. The minimum absolute atomic E-state index is 0.0740. The number of ether oxygens (including phenoxy) is 4. The van der Waals surface area contributed by atoms with E-state index < -0.39 is 47.8 Å². The lowest BCUT2D eigenvalue weighted by Gasteiger charge is -2.47. The summed E-state index contributed by atoms with van der Waals surface area (Å²) in [6, 6.07) is -0.336. The number of carbonyl (C=O) groups is 2. The number of Topliss-reactive ketones (excluding diaryl/α,β-unsaturated/α-hetero) is 1. The fourth-order valence-corrected chi connectivity index (χ4v) is 7.78. The number of hydrogen-bond donors (Lipinski definition) is 1. The average Bonchev–Trinajstić information content (AvgIpc) is 2.96. The second-order valence-electron chi connectivity index (χ2n) is 14.9. The third-order valence-corrected chi connectivity index (χ3v) is 10.5. The largest absolute Gasteiger partial charge is 0.463 e. The lowest BCUT2D eigenvalue weighted by Crippen LogP contribution is -2.59. The molecule has 0 unspecified atom stereocenters. The molecule has 0 aromatic carbocycles. The van der Waals surface area contributed by atoms with E-state index in [9.17, 15) is 23.5 Å². The van der Waals surface area contributed by atoms with Gasteiger partial charge in [0.05, 0.1) is 24.4 Å². The van der Waals surface area contributed by atoms with Crippen LogP contribution in [0.5, 0.6) is 0 Å². The van der Waals surface area contributed by atoms with Crippen molar-refractivity contribution in [3.8, 4) is 0 Å². The number of hydrogen-bond acceptors (Lipinski definition) is 10. The highest BCUT2D eigenvalue weighted by molar-refractivity contribution is 6.04. The van der Waals surface area contributed by atoms with Crippen molar-refractivity contribution in [1.29, 1.82) is 0 Å². The molecule has 45 heavy (non-hydrogen) atoms. The first-order valence-corrected chi connectivity index (χ1v) is 16.5. The van der Waals surface area contributed by atoms with Crippen molar-refractivity contribution in [2.45, 2.75) is 116 Å². The molecule has 3 aliphatic heterocycles. The standard InChI is InChI=1S/C33H59F2N3O7/c1-20-16-33(6,42-10)29(45-30-27(39)24(36(7)8)15-21(2)44-30)22(3)28(40)32(4,5)31(41)43-19-25(37(9)17-20)23-11-13-38(14-12-23)18-26(34)35/h20-27,29-30,39H,11-19H2,1-10H3/t20-,21-,22+,24+,25+,27-,29-,30+,33-/m1/s1. The van der Waals surface area contributed by atoms with Gasteiger partial charge in [0.25, 0.3) is 6.43 Å². The van der Waals surface area contributed by atoms with Crippen LogP contribution in [0.15, 0.2) is 0 Å². The summed E-state index contributed by atoms with van der Waals surface area (Å²) in [5.74, 6) is -1.55. The SMILES string of the molecule is CO[C@]1(C)C[C@@H](C)CN(C)[C@H](C2CCN(CC(F)F)CC2)COC(=O)C(C)(C)C(=O)[C@H](C)[C@H]1O[C@@H]1O[C@H](C)C[C@H](N(C)C)[C@H]1O. The van der Waals surface area contributed by atoms with E-state index >= 15 is 0 Å². The zero-order valence-corrected chi connectivity index (χ0v) is 29.1. The molecule has 0 aromatic heterocycles. The van der Waals surface area contributed by atoms with Crippen LogP contribution in [0.2, 0.25) is 0 Å². The Hall–Kier alpha value is -1.28. The summed E-state index contributed by atoms with van der Waals surface area (Å²) in [6.45, 7) is 12.5. The van der Waals surface area contributed by atoms with E-state index in [2.05, 4.69) is 11.8 Å². The van der Waals surface area contributed by atoms with Crippen LogP contribution in [0.3, 0.4) is 0 Å². The number of rotatable bonds is 7. The average molecular weight is 648 g/mol. The van der Waals surface area contributed by atoms with Crippen molar-refractivity contribution in [3.05, 3.63) is 0 Å². The molecule has 3 saturated heterocycles. The summed E-state index contributed by atoms with van der Waals surface area (Å²) in [5.41, 5.74) is -2.46. The van der Waals surface area contributed by atoms with Crippen molar-refractivity contribution in [2.24, 2.45) is 23.2 Å². The van der Waals surface area contributed by atoms with Crippen molar-refractivity contribution in [2.75, 3.05) is 61.0 Å². The van der Waals surface area contributed by atoms with Crippen LogP contribution in [0.4, 0.5) is 8.78 Å². The molecule has 0 radical (unpaired) electrons. The van der Waals surface area contributed by atoms with Crippen molar-refractivity contribution in [3.63, 3.8) is 0 Å². The van der Waals surface area contributed by atoms with Gasteiger partial charge < -0.3 is 29.0 Å². The zero-order valence-electron chi connectivity index (χ0n) is 29.1. The number of likely N-dealkylation sites (N-methyl/N-ethyl adjacent to an activating group) is 2. The van der Waals surface area contributed by atoms with E-state index in [-0.39, 0.29) is 49.0 Å². The molecule has 3 heterocycles. The van der Waals surface area contributed by atoms with Crippen LogP contribution in [-0.2, 0) is 28.5 Å². The van der Waals surface area contributed by atoms with Crippen molar-refractivity contribution >= 4 is 11.8 Å². The van der Waals surface area contributed by atoms with E-state index in [1.54, 1.807) is 32.8 Å². The predicted molar refractivity (Wildman–Crippen MR) is 167 cm³/mol. The van der Waals surface area contributed by atoms with Gasteiger partial charge in [0.1, 0.15) is 18.1 Å². The third-order valence-electron chi connectivity index (χ3n) is 10.5. The number of likely N-dealkylation sites (tertiary alicyclic amines) is 1. The Balaban J connectivity index is 1.94. The van der Waals surface area contributed by atoms with Crippen LogP contribution in [0, 0.1) is 23.2 Å². The number of alkyl halides is 2. The molecule has 0 aliphatic carbocycles. The maximum Gasteiger partial charge on any atom is 0.319 e. The molecule has 3 fully saturated rings. The minimum atomic E-state index is -2.37. The summed E-state index contributed by atoms with van der Waals surface area (Å²) in [7, 11) is 7.41. The third kappa shape index (κ3) is 9.21. The predicted octanol–water partition coefficient (Wildman–Crippen LogP) is 3.29. The van der Waals surface area contributed by atoms with Crippen molar-refractivity contribution in [1.82, 2.24) is 14.7 Å². The van der Waals surface area contributed by atoms with Crippen LogP contribution in [-0.4, -0.2) is 141 Å². The fraction of sp³-hybridized carbons (Fsp3) is 0.939. The Bertz CT molecular complexity index is 980. The second-order valence-corrected chi connectivity index (χ2v) is 14.9. The summed E-state index contributed by atoms with van der Waals surface area (Å²) in [4.78, 5) is 33.7. The number of aliphatic hydroxyl groups excluding tert-OH is 1. The Morgan fingerprint density at radius 2 is 1.73 bits per heavy atom. The Morgan fingerprint density at radius 1 is 1.11 bits per heavy atom. The number of esters is 1. The first-order chi connectivity index (χ1) is 20.9. The monoisotopic (exact) mass is 647 g/mol. The first kappa shape index (κ1) is 38.2. The molecule has 0 saturated carbocycles. The number of cyclic esters (lactones) is 1. The number of methoxy groups -OCH3 is 1. The summed E-state index contributed by atoms with van der Waals surface area (Å²) >= 11 is 0. The molecule has 9 atom stereocenters. The molecule has 10 nitrogen and oxygen atoms in total. The van der Waals surface area contributed by atoms with Gasteiger partial charge in [-0.3, -0.25) is 19.4 Å². The topological polar surface area (TPSA) is 101 Å². The van der Waals surface area contributed by atoms with Crippen LogP contribution in [0.1, 0.15) is 67.2 Å². The Kier molecular flexibility index (Phi) is 13.4. The van der Waals surface area contributed by atoms with Gasteiger partial charge in [-0.25, -0.2) is 8.78 Å². The highest BCUT2D eigenvalue weighted by atomic mass is 19.3. The highest BCUT2D eigenvalue weighted by Crippen LogP contribution is 2.38. The smallest absolute Gasteiger partial charge is 0.319 e. The zero-order chi connectivity index (χ0) is 33.9. The van der Waals surface area contributed by atoms with Gasteiger partial charge in [-0.05, 0) is 99.4 Å². The number of halogens is 2. The van der Waals surface area contributed by atoms with E-state index in [0.717, 1.165) is 12.8 Å². The molecular weight excluding hydrogens is 588 g/mol. The molecule has 3 rings (SSSR count). The van der Waals surface area contributed by atoms with E-state index in [1.807, 2.05) is 39.9 Å². The number of piperidine rings is 1. The van der Waals surface area contributed by atoms with Gasteiger partial charge >= 0.3 is 5.97 Å². The number of nitrogens with zero attached hydrogens (tertiary/aromatic N) is 3. The highest BCUT2D eigenvalue weighted by Gasteiger charge is 2.51. The Labute approximate surface area is 269 Å². The van der Waals surface area contributed by atoms with Crippen LogP contribution < -0.4 is 0 Å². The minimum Gasteiger partial charge on any atom is -0.463 e. The quantitative estimate of drug-likeness (QED) is 0.327. The molecular formula is C33H59F2N3O7. The van der Waals surface area contributed by atoms with Crippen molar-refractivity contribution < 1.29 is 42.4 Å². The van der Waals surface area contributed by atoms with E-state index in [0.29, 0.717) is 32.5 Å². The fourth-order valence-electron chi connectivity index (χ4n) is 7.78. The second kappa shape index (κ2) is 15.7. The number of carbonyl (C=O) groups excluding carboxylic acids is 2. The summed E-state index contributed by atoms with van der Waals surface area (Å²) in [6.07, 6.45) is -2.77. The normalized spacial score (nSPS) is 38.9. The van der Waals surface area contributed by atoms with Gasteiger partial charge in [0.2, 0.25) is 0 Å². The maximum atomic E-state index is 14.2. The van der Waals surface area contributed by atoms with Crippen LogP contribution in [0.25, 0.3) is 0 Å². The summed E-state index contributed by atoms with van der Waals surface area (Å²) in [5, 5.41) is 11.3. The van der Waals surface area contributed by atoms with Crippen LogP contribution >= 0.6 is 0 Å². The molecule has 0 amide bonds. The summed E-state index contributed by atoms with van der Waals surface area (Å²) < 4.78 is 50.8. The molecule has 0 bridgehead atoms. The molecule has 12 heteroatoms. The van der Waals surface area contributed by atoms with Gasteiger partial charge in [-0.1, -0.05) is 13.8 Å². The van der Waals surface area contributed by atoms with E-state index in [1.165, 1.54) is 0 Å². The van der Waals surface area contributed by atoms with E-state index in [4.69, 9.17) is 18.9 Å². The van der Waals surface area contributed by atoms with Gasteiger partial charge in [-0.2, -0.15) is 0 Å².